The number of amidine groups is 1. The predicted octanol–water partition coefficient (Wildman–Crippen LogP) is 2.04. The lowest BCUT2D eigenvalue weighted by atomic mass is 9.95. The van der Waals surface area contributed by atoms with Crippen molar-refractivity contribution in [1.29, 1.82) is 0 Å². The van der Waals surface area contributed by atoms with Gasteiger partial charge < -0.3 is 20.0 Å². The van der Waals surface area contributed by atoms with Crippen LogP contribution in [0, 0.1) is 0 Å². The summed E-state index contributed by atoms with van der Waals surface area (Å²) in [6.07, 6.45) is 9.69. The molecule has 0 aliphatic carbocycles. The van der Waals surface area contributed by atoms with Gasteiger partial charge in [-0.2, -0.15) is 5.10 Å². The van der Waals surface area contributed by atoms with Gasteiger partial charge in [-0.3, -0.25) is 0 Å². The van der Waals surface area contributed by atoms with Gasteiger partial charge in [0.05, 0.1) is 30.6 Å². The van der Waals surface area contributed by atoms with Gasteiger partial charge in [0.15, 0.2) is 5.84 Å². The summed E-state index contributed by atoms with van der Waals surface area (Å²) < 4.78 is 11.9. The second-order valence-electron chi connectivity index (χ2n) is 7.13. The molecule has 1 aromatic rings. The van der Waals surface area contributed by atoms with Gasteiger partial charge in [-0.1, -0.05) is 19.1 Å². The Morgan fingerprint density at radius 3 is 3.04 bits per heavy atom. The molecule has 4 heterocycles. The third kappa shape index (κ3) is 2.68. The highest BCUT2D eigenvalue weighted by atomic mass is 16.5. The van der Waals surface area contributed by atoms with Crippen molar-refractivity contribution < 1.29 is 14.3 Å². The number of ether oxygens (including phenoxy) is 1. The summed E-state index contributed by atoms with van der Waals surface area (Å²) >= 11 is 0. The number of aliphatic imine (C=N–C) groups is 1. The highest BCUT2D eigenvalue weighted by molar-refractivity contribution is 6.08. The first-order valence-corrected chi connectivity index (χ1v) is 8.99. The molecule has 3 atom stereocenters. The van der Waals surface area contributed by atoms with E-state index in [0.29, 0.717) is 5.84 Å². The summed E-state index contributed by atoms with van der Waals surface area (Å²) in [6, 6.07) is 1.87. The van der Waals surface area contributed by atoms with Crippen molar-refractivity contribution in [2.24, 2.45) is 15.8 Å². The Balaban J connectivity index is 1.72. The van der Waals surface area contributed by atoms with E-state index in [1.165, 1.54) is 6.34 Å². The number of aliphatic hydroxyl groups excluding tert-OH is 1. The van der Waals surface area contributed by atoms with E-state index in [-0.39, 0.29) is 18.8 Å². The molecule has 1 fully saturated rings. The van der Waals surface area contributed by atoms with Crippen LogP contribution in [0.4, 0.5) is 0 Å². The van der Waals surface area contributed by atoms with Crippen LogP contribution in [-0.4, -0.2) is 46.6 Å². The molecule has 138 valence electrons. The quantitative estimate of drug-likeness (QED) is 0.860. The molecule has 3 aliphatic heterocycles. The predicted molar refractivity (Wildman–Crippen MR) is 99.5 cm³/mol. The maximum absolute atomic E-state index is 9.59. The van der Waals surface area contributed by atoms with E-state index in [1.54, 1.807) is 6.26 Å². The third-order valence-electron chi connectivity index (χ3n) is 5.32. The van der Waals surface area contributed by atoms with Crippen molar-refractivity contribution in [1.82, 2.24) is 5.01 Å². The summed E-state index contributed by atoms with van der Waals surface area (Å²) in [6.45, 7) is 4.03. The molecule has 7 heteroatoms. The molecule has 0 spiro atoms. The van der Waals surface area contributed by atoms with Crippen LogP contribution >= 0.6 is 0 Å². The molecule has 3 aliphatic rings. The van der Waals surface area contributed by atoms with E-state index in [1.807, 2.05) is 24.1 Å². The lowest BCUT2D eigenvalue weighted by Crippen LogP contribution is -2.46. The molecule has 7 nitrogen and oxygen atoms in total. The number of aryl methyl sites for hydroxylation is 1. The van der Waals surface area contributed by atoms with Gasteiger partial charge in [0, 0.05) is 5.57 Å². The van der Waals surface area contributed by atoms with Gasteiger partial charge >= 0.3 is 0 Å². The maximum Gasteiger partial charge on any atom is 0.151 e. The fourth-order valence-corrected chi connectivity index (χ4v) is 3.83. The average Bonchev–Trinajstić information content (AvgIpc) is 3.28. The molecule has 3 unspecified atom stereocenters. The monoisotopic (exact) mass is 356 g/mol. The molecular formula is C19H24N4O3. The van der Waals surface area contributed by atoms with Gasteiger partial charge in [0.2, 0.25) is 0 Å². The van der Waals surface area contributed by atoms with Crippen molar-refractivity contribution >= 4 is 17.7 Å². The zero-order chi connectivity index (χ0) is 18.3. The number of hydrazone groups is 1. The summed E-state index contributed by atoms with van der Waals surface area (Å²) in [5, 5.41) is 15.9. The fraction of sp³-hybridized carbons (Fsp3) is 0.474. The van der Waals surface area contributed by atoms with Gasteiger partial charge in [-0.05, 0) is 37.8 Å². The molecule has 0 amide bonds. The minimum atomic E-state index is -0.502. The van der Waals surface area contributed by atoms with Crippen LogP contribution in [0.25, 0.3) is 5.57 Å². The van der Waals surface area contributed by atoms with Gasteiger partial charge in [0.25, 0.3) is 0 Å². The lowest BCUT2D eigenvalue weighted by Gasteiger charge is -2.37. The summed E-state index contributed by atoms with van der Waals surface area (Å²) in [5.74, 6) is 1.20. The highest BCUT2D eigenvalue weighted by Gasteiger charge is 2.43. The SMILES string of the molecule is CCc1ccoc1C1=C2C(N)=NC=NN2C(C2CCC(C)(CO)O2)C=C1. The van der Waals surface area contributed by atoms with Gasteiger partial charge in [0.1, 0.15) is 17.8 Å². The first kappa shape index (κ1) is 17.1. The van der Waals surface area contributed by atoms with Crippen molar-refractivity contribution in [3.05, 3.63) is 41.5 Å². The summed E-state index contributed by atoms with van der Waals surface area (Å²) in [4.78, 5) is 4.18. The number of allylic oxidation sites excluding steroid dienone is 2. The Bertz CT molecular complexity index is 823. The zero-order valence-corrected chi connectivity index (χ0v) is 15.1. The number of rotatable bonds is 4. The van der Waals surface area contributed by atoms with E-state index in [0.717, 1.165) is 41.9 Å². The molecule has 0 saturated carbocycles. The molecule has 4 rings (SSSR count). The Hall–Kier alpha value is -2.38. The topological polar surface area (TPSA) is 96.6 Å². The Labute approximate surface area is 152 Å². The molecule has 0 radical (unpaired) electrons. The number of hydrogen-bond acceptors (Lipinski definition) is 7. The zero-order valence-electron chi connectivity index (χ0n) is 15.1. The third-order valence-corrected chi connectivity index (χ3v) is 5.32. The largest absolute Gasteiger partial charge is 0.464 e. The number of nitrogens with zero attached hydrogens (tertiary/aromatic N) is 3. The first-order valence-electron chi connectivity index (χ1n) is 8.99. The average molecular weight is 356 g/mol. The van der Waals surface area contributed by atoms with Crippen LogP contribution in [0.2, 0.25) is 0 Å². The molecule has 0 aromatic carbocycles. The summed E-state index contributed by atoms with van der Waals surface area (Å²) in [5.41, 5.74) is 8.45. The Morgan fingerprint density at radius 2 is 2.31 bits per heavy atom. The van der Waals surface area contributed by atoms with Crippen LogP contribution in [-0.2, 0) is 11.2 Å². The minimum Gasteiger partial charge on any atom is -0.464 e. The van der Waals surface area contributed by atoms with Crippen molar-refractivity contribution in [2.75, 3.05) is 6.61 Å². The van der Waals surface area contributed by atoms with E-state index in [4.69, 9.17) is 14.9 Å². The first-order chi connectivity index (χ1) is 12.6. The fourth-order valence-electron chi connectivity index (χ4n) is 3.83. The van der Waals surface area contributed by atoms with E-state index in [2.05, 4.69) is 23.1 Å². The minimum absolute atomic E-state index is 0.00695. The normalized spacial score (nSPS) is 30.7. The standard InChI is InChI=1S/C19H24N4O3/c1-3-12-7-9-25-17(12)13-4-5-14(15-6-8-19(2,10-24)26-15)23-16(13)18(20)21-11-22-23/h4-5,7,9,11,14-15,24H,3,6,8,10H2,1-2H3,(H2,20,21,22). The second-order valence-corrected chi connectivity index (χ2v) is 7.13. The number of fused-ring (bicyclic) bond motifs is 1. The van der Waals surface area contributed by atoms with Crippen molar-refractivity contribution in [2.45, 2.75) is 50.9 Å². The van der Waals surface area contributed by atoms with Gasteiger partial charge in [-0.25, -0.2) is 10.0 Å². The van der Waals surface area contributed by atoms with Gasteiger partial charge in [-0.15, -0.1) is 0 Å². The number of hydrogen-bond donors (Lipinski definition) is 2. The van der Waals surface area contributed by atoms with Crippen LogP contribution in [0.5, 0.6) is 0 Å². The number of nitrogens with two attached hydrogens (primary N) is 1. The van der Waals surface area contributed by atoms with E-state index < -0.39 is 5.60 Å². The summed E-state index contributed by atoms with van der Waals surface area (Å²) in [7, 11) is 0. The molecule has 0 bridgehead atoms. The molecule has 1 aromatic heterocycles. The van der Waals surface area contributed by atoms with E-state index in [9.17, 15) is 5.11 Å². The van der Waals surface area contributed by atoms with Crippen molar-refractivity contribution in [3.8, 4) is 0 Å². The molecule has 26 heavy (non-hydrogen) atoms. The molecule has 1 saturated heterocycles. The number of aliphatic hydroxyl groups is 1. The van der Waals surface area contributed by atoms with Crippen LogP contribution in [0.3, 0.4) is 0 Å². The van der Waals surface area contributed by atoms with E-state index >= 15 is 0 Å². The maximum atomic E-state index is 9.59. The second kappa shape index (κ2) is 6.41. The smallest absolute Gasteiger partial charge is 0.151 e. The number of furan rings is 1. The Morgan fingerprint density at radius 1 is 1.46 bits per heavy atom. The van der Waals surface area contributed by atoms with Crippen LogP contribution in [0.15, 0.2) is 44.7 Å². The highest BCUT2D eigenvalue weighted by Crippen LogP contribution is 2.39. The Kier molecular flexibility index (Phi) is 4.20. The molecule has 3 N–H and O–H groups in total. The lowest BCUT2D eigenvalue weighted by molar-refractivity contribution is -0.0763. The molecular weight excluding hydrogens is 332 g/mol. The van der Waals surface area contributed by atoms with Crippen LogP contribution in [0.1, 0.15) is 38.0 Å². The van der Waals surface area contributed by atoms with Crippen LogP contribution < -0.4 is 5.73 Å². The van der Waals surface area contributed by atoms with Crippen molar-refractivity contribution in [3.63, 3.8) is 0 Å².